The summed E-state index contributed by atoms with van der Waals surface area (Å²) in [5, 5.41) is 12.1. The summed E-state index contributed by atoms with van der Waals surface area (Å²) in [6.45, 7) is 3.01. The van der Waals surface area contributed by atoms with E-state index in [4.69, 9.17) is 5.11 Å². The second-order valence-corrected chi connectivity index (χ2v) is 6.70. The Morgan fingerprint density at radius 1 is 1.10 bits per heavy atom. The van der Waals surface area contributed by atoms with Crippen molar-refractivity contribution in [2.24, 2.45) is 23.7 Å². The van der Waals surface area contributed by atoms with Crippen LogP contribution in [0.3, 0.4) is 0 Å². The Kier molecular flexibility index (Phi) is 5.44. The van der Waals surface area contributed by atoms with Gasteiger partial charge in [-0.25, -0.2) is 0 Å². The highest BCUT2D eigenvalue weighted by Gasteiger charge is 2.37. The molecule has 0 aliphatic heterocycles. The number of hydrogen-bond acceptors (Lipinski definition) is 2. The number of carbonyl (C=O) groups excluding carboxylic acids is 1. The van der Waals surface area contributed by atoms with Gasteiger partial charge in [0.2, 0.25) is 5.91 Å². The van der Waals surface area contributed by atoms with Crippen molar-refractivity contribution < 1.29 is 14.7 Å². The van der Waals surface area contributed by atoms with Crippen LogP contribution in [0.25, 0.3) is 0 Å². The van der Waals surface area contributed by atoms with Crippen LogP contribution in [0, 0.1) is 23.7 Å². The zero-order valence-electron chi connectivity index (χ0n) is 12.4. The Hall–Kier alpha value is -1.06. The molecule has 2 N–H and O–H groups in total. The smallest absolute Gasteiger partial charge is 0.307 e. The number of rotatable bonds is 5. The van der Waals surface area contributed by atoms with Crippen molar-refractivity contribution >= 4 is 11.9 Å². The van der Waals surface area contributed by atoms with Gasteiger partial charge in [-0.3, -0.25) is 9.59 Å². The van der Waals surface area contributed by atoms with Gasteiger partial charge in [0.05, 0.1) is 11.8 Å². The van der Waals surface area contributed by atoms with E-state index < -0.39 is 11.9 Å². The number of aliphatic carboxylic acids is 1. The van der Waals surface area contributed by atoms with E-state index in [0.717, 1.165) is 31.1 Å². The first kappa shape index (κ1) is 15.3. The highest BCUT2D eigenvalue weighted by atomic mass is 16.4. The fourth-order valence-corrected chi connectivity index (χ4v) is 3.92. The van der Waals surface area contributed by atoms with E-state index in [0.29, 0.717) is 13.0 Å². The van der Waals surface area contributed by atoms with E-state index in [-0.39, 0.29) is 11.8 Å². The predicted molar refractivity (Wildman–Crippen MR) is 77.2 cm³/mol. The number of amides is 1. The summed E-state index contributed by atoms with van der Waals surface area (Å²) in [5.74, 6) is -0.0847. The minimum Gasteiger partial charge on any atom is -0.481 e. The normalized spacial score (nSPS) is 33.9. The molecule has 20 heavy (non-hydrogen) atoms. The van der Waals surface area contributed by atoms with Gasteiger partial charge in [-0.1, -0.05) is 32.6 Å². The summed E-state index contributed by atoms with van der Waals surface area (Å²) in [6, 6.07) is 0. The van der Waals surface area contributed by atoms with Gasteiger partial charge in [0.25, 0.3) is 0 Å². The average molecular weight is 281 g/mol. The summed E-state index contributed by atoms with van der Waals surface area (Å²) < 4.78 is 0. The summed E-state index contributed by atoms with van der Waals surface area (Å²) >= 11 is 0. The SMILES string of the molecule is CC1CCCC(CCNC(=O)[C@@H]2CCC[C@@H]2C(=O)O)C1. The van der Waals surface area contributed by atoms with Gasteiger partial charge >= 0.3 is 5.97 Å². The van der Waals surface area contributed by atoms with Crippen molar-refractivity contribution in [3.8, 4) is 0 Å². The molecule has 4 atom stereocenters. The molecule has 0 radical (unpaired) electrons. The highest BCUT2D eigenvalue weighted by molar-refractivity contribution is 5.85. The number of hydrogen-bond donors (Lipinski definition) is 2. The molecular weight excluding hydrogens is 254 g/mol. The predicted octanol–water partition coefficient (Wildman–Crippen LogP) is 2.82. The van der Waals surface area contributed by atoms with Crippen LogP contribution in [0.5, 0.6) is 0 Å². The van der Waals surface area contributed by atoms with Crippen LogP contribution in [-0.2, 0) is 9.59 Å². The molecule has 4 nitrogen and oxygen atoms in total. The zero-order chi connectivity index (χ0) is 14.5. The molecule has 0 aromatic heterocycles. The zero-order valence-corrected chi connectivity index (χ0v) is 12.4. The Morgan fingerprint density at radius 2 is 1.80 bits per heavy atom. The molecule has 0 spiro atoms. The molecule has 2 rings (SSSR count). The number of carboxylic acid groups (broad SMARTS) is 1. The van der Waals surface area contributed by atoms with Crippen LogP contribution in [0.1, 0.15) is 58.3 Å². The average Bonchev–Trinajstić information content (AvgIpc) is 2.88. The number of nitrogens with one attached hydrogen (secondary N) is 1. The van der Waals surface area contributed by atoms with Gasteiger partial charge in [0, 0.05) is 6.54 Å². The maximum Gasteiger partial charge on any atom is 0.307 e. The van der Waals surface area contributed by atoms with Crippen LogP contribution in [0.2, 0.25) is 0 Å². The minimum absolute atomic E-state index is 0.0428. The lowest BCUT2D eigenvalue weighted by Gasteiger charge is -2.27. The molecule has 2 saturated carbocycles. The summed E-state index contributed by atoms with van der Waals surface area (Å²) in [5.41, 5.74) is 0. The first-order valence-electron chi connectivity index (χ1n) is 8.08. The van der Waals surface area contributed by atoms with E-state index in [1.807, 2.05) is 0 Å². The Balaban J connectivity index is 1.71. The van der Waals surface area contributed by atoms with Crippen LogP contribution in [-0.4, -0.2) is 23.5 Å². The van der Waals surface area contributed by atoms with Gasteiger partial charge in [-0.05, 0) is 37.5 Å². The highest BCUT2D eigenvalue weighted by Crippen LogP contribution is 2.32. The van der Waals surface area contributed by atoms with E-state index >= 15 is 0 Å². The molecule has 0 bridgehead atoms. The van der Waals surface area contributed by atoms with Gasteiger partial charge in [0.15, 0.2) is 0 Å². The fourth-order valence-electron chi connectivity index (χ4n) is 3.92. The monoisotopic (exact) mass is 281 g/mol. The summed E-state index contributed by atoms with van der Waals surface area (Å²) in [6.07, 6.45) is 8.47. The molecule has 1 amide bonds. The molecule has 0 aromatic carbocycles. The molecular formula is C16H27NO3. The van der Waals surface area contributed by atoms with E-state index in [1.54, 1.807) is 0 Å². The van der Waals surface area contributed by atoms with Gasteiger partial charge in [-0.2, -0.15) is 0 Å². The van der Waals surface area contributed by atoms with Crippen molar-refractivity contribution in [3.63, 3.8) is 0 Å². The van der Waals surface area contributed by atoms with Crippen molar-refractivity contribution in [2.45, 2.75) is 58.3 Å². The van der Waals surface area contributed by atoms with Crippen molar-refractivity contribution in [3.05, 3.63) is 0 Å². The molecule has 4 heteroatoms. The van der Waals surface area contributed by atoms with Crippen LogP contribution in [0.4, 0.5) is 0 Å². The second-order valence-electron chi connectivity index (χ2n) is 6.70. The molecule has 2 unspecified atom stereocenters. The first-order chi connectivity index (χ1) is 9.58. The Morgan fingerprint density at radius 3 is 2.50 bits per heavy atom. The number of carboxylic acids is 1. The summed E-state index contributed by atoms with van der Waals surface area (Å²) in [4.78, 5) is 23.2. The van der Waals surface area contributed by atoms with Crippen molar-refractivity contribution in [1.29, 1.82) is 0 Å². The molecule has 0 saturated heterocycles. The third kappa shape index (κ3) is 3.97. The van der Waals surface area contributed by atoms with Crippen molar-refractivity contribution in [2.75, 3.05) is 6.54 Å². The van der Waals surface area contributed by atoms with Crippen LogP contribution in [0.15, 0.2) is 0 Å². The standard InChI is InChI=1S/C16H27NO3/c1-11-4-2-5-12(10-11)8-9-17-15(18)13-6-3-7-14(13)16(19)20/h11-14H,2-10H2,1H3,(H,17,18)(H,19,20)/t11?,12?,13-,14+/m1/s1. The Labute approximate surface area is 121 Å². The Bertz CT molecular complexity index is 356. The molecule has 2 aliphatic carbocycles. The van der Waals surface area contributed by atoms with Gasteiger partial charge in [0.1, 0.15) is 0 Å². The lowest BCUT2D eigenvalue weighted by atomic mass is 9.81. The molecule has 0 heterocycles. The van der Waals surface area contributed by atoms with E-state index in [9.17, 15) is 9.59 Å². The maximum absolute atomic E-state index is 12.1. The topological polar surface area (TPSA) is 66.4 Å². The minimum atomic E-state index is -0.816. The van der Waals surface area contributed by atoms with Gasteiger partial charge in [-0.15, -0.1) is 0 Å². The van der Waals surface area contributed by atoms with E-state index in [2.05, 4.69) is 12.2 Å². The maximum atomic E-state index is 12.1. The third-order valence-electron chi connectivity index (χ3n) is 5.07. The molecule has 2 fully saturated rings. The summed E-state index contributed by atoms with van der Waals surface area (Å²) in [7, 11) is 0. The number of carbonyl (C=O) groups is 2. The molecule has 2 aliphatic rings. The van der Waals surface area contributed by atoms with E-state index in [1.165, 1.54) is 25.7 Å². The van der Waals surface area contributed by atoms with Crippen molar-refractivity contribution in [1.82, 2.24) is 5.32 Å². The lowest BCUT2D eigenvalue weighted by Crippen LogP contribution is -2.36. The fraction of sp³-hybridized carbons (Fsp3) is 0.875. The second kappa shape index (κ2) is 7.09. The van der Waals surface area contributed by atoms with Gasteiger partial charge < -0.3 is 10.4 Å². The third-order valence-corrected chi connectivity index (χ3v) is 5.07. The quantitative estimate of drug-likeness (QED) is 0.814. The molecule has 0 aromatic rings. The first-order valence-corrected chi connectivity index (χ1v) is 8.08. The largest absolute Gasteiger partial charge is 0.481 e. The van der Waals surface area contributed by atoms with Crippen LogP contribution < -0.4 is 5.32 Å². The molecule has 114 valence electrons. The van der Waals surface area contributed by atoms with Crippen LogP contribution >= 0.6 is 0 Å². The lowest BCUT2D eigenvalue weighted by molar-refractivity contribution is -0.146.